The highest BCUT2D eigenvalue weighted by atomic mass is 32.1. The molecule has 3 rings (SSSR count). The molecule has 3 nitrogen and oxygen atoms in total. The van der Waals surface area contributed by atoms with Crippen molar-refractivity contribution in [2.24, 2.45) is 0 Å². The minimum absolute atomic E-state index is 0.220. The number of rotatable bonds is 4. The van der Waals surface area contributed by atoms with Crippen LogP contribution in [0.15, 0.2) is 18.3 Å². The third-order valence-electron chi connectivity index (χ3n) is 3.58. The lowest BCUT2D eigenvalue weighted by molar-refractivity contribution is 0.854. The summed E-state index contributed by atoms with van der Waals surface area (Å²) in [5, 5.41) is 4.60. The van der Waals surface area contributed by atoms with E-state index >= 15 is 0 Å². The fraction of sp³-hybridized carbons (Fsp3) is 0.467. The van der Waals surface area contributed by atoms with Crippen LogP contribution in [0.4, 0.5) is 5.82 Å². The number of hydrogen-bond donors (Lipinski definition) is 1. The summed E-state index contributed by atoms with van der Waals surface area (Å²) >= 11 is 1.78. The Kier molecular flexibility index (Phi) is 3.51. The van der Waals surface area contributed by atoms with Crippen LogP contribution >= 0.6 is 11.3 Å². The SMILES string of the molecule is CCc1cnc(C(C)Nc2ccc3c(n2)CCC3)s1. The molecule has 0 radical (unpaired) electrons. The van der Waals surface area contributed by atoms with Gasteiger partial charge in [-0.15, -0.1) is 11.3 Å². The molecule has 0 bridgehead atoms. The molecule has 1 atom stereocenters. The molecule has 2 heterocycles. The van der Waals surface area contributed by atoms with E-state index in [-0.39, 0.29) is 6.04 Å². The molecule has 2 aromatic rings. The second kappa shape index (κ2) is 5.29. The lowest BCUT2D eigenvalue weighted by Gasteiger charge is -2.12. The molecule has 19 heavy (non-hydrogen) atoms. The molecule has 1 unspecified atom stereocenters. The molecule has 0 aliphatic heterocycles. The highest BCUT2D eigenvalue weighted by molar-refractivity contribution is 7.11. The molecule has 1 aliphatic carbocycles. The zero-order valence-electron chi connectivity index (χ0n) is 11.4. The third kappa shape index (κ3) is 2.63. The van der Waals surface area contributed by atoms with Gasteiger partial charge in [0.25, 0.3) is 0 Å². The number of aryl methyl sites for hydroxylation is 3. The quantitative estimate of drug-likeness (QED) is 0.921. The fourth-order valence-corrected chi connectivity index (χ4v) is 3.33. The summed E-state index contributed by atoms with van der Waals surface area (Å²) in [4.78, 5) is 10.5. The molecule has 0 aromatic carbocycles. The van der Waals surface area contributed by atoms with E-state index in [2.05, 4.69) is 36.3 Å². The van der Waals surface area contributed by atoms with E-state index in [1.54, 1.807) is 11.3 Å². The number of hydrogen-bond acceptors (Lipinski definition) is 4. The first kappa shape index (κ1) is 12.6. The monoisotopic (exact) mass is 273 g/mol. The van der Waals surface area contributed by atoms with Gasteiger partial charge in [-0.2, -0.15) is 0 Å². The third-order valence-corrected chi connectivity index (χ3v) is 4.91. The molecule has 0 fully saturated rings. The van der Waals surface area contributed by atoms with Crippen LogP contribution in [0.3, 0.4) is 0 Å². The van der Waals surface area contributed by atoms with Crippen LogP contribution in [0.1, 0.15) is 47.5 Å². The molecule has 100 valence electrons. The average Bonchev–Trinajstić information content (AvgIpc) is 3.06. The minimum atomic E-state index is 0.220. The number of aromatic nitrogens is 2. The summed E-state index contributed by atoms with van der Waals surface area (Å²) < 4.78 is 0. The summed E-state index contributed by atoms with van der Waals surface area (Å²) in [5.74, 6) is 0.974. The molecule has 0 spiro atoms. The molecule has 0 saturated heterocycles. The number of thiazole rings is 1. The lowest BCUT2D eigenvalue weighted by atomic mass is 10.2. The first-order chi connectivity index (χ1) is 9.26. The van der Waals surface area contributed by atoms with E-state index in [1.807, 2.05) is 6.20 Å². The maximum absolute atomic E-state index is 4.71. The molecule has 1 N–H and O–H groups in total. The molecule has 0 amide bonds. The van der Waals surface area contributed by atoms with Crippen LogP contribution in [0.5, 0.6) is 0 Å². The molecular weight excluding hydrogens is 254 g/mol. The summed E-state index contributed by atoms with van der Waals surface area (Å²) in [6.07, 6.45) is 6.59. The van der Waals surface area contributed by atoms with Crippen molar-refractivity contribution in [1.82, 2.24) is 9.97 Å². The second-order valence-electron chi connectivity index (χ2n) is 5.04. The number of fused-ring (bicyclic) bond motifs is 1. The Morgan fingerprint density at radius 1 is 1.37 bits per heavy atom. The summed E-state index contributed by atoms with van der Waals surface area (Å²) in [5.41, 5.74) is 2.69. The molecule has 0 saturated carbocycles. The summed E-state index contributed by atoms with van der Waals surface area (Å²) in [6.45, 7) is 4.31. The van der Waals surface area contributed by atoms with Gasteiger partial charge < -0.3 is 5.32 Å². The second-order valence-corrected chi connectivity index (χ2v) is 6.19. The van der Waals surface area contributed by atoms with E-state index < -0.39 is 0 Å². The van der Waals surface area contributed by atoms with Crippen molar-refractivity contribution in [1.29, 1.82) is 0 Å². The van der Waals surface area contributed by atoms with Gasteiger partial charge in [-0.1, -0.05) is 13.0 Å². The van der Waals surface area contributed by atoms with Crippen LogP contribution in [-0.2, 0) is 19.3 Å². The summed E-state index contributed by atoms with van der Waals surface area (Å²) in [7, 11) is 0. The Hall–Kier alpha value is -1.42. The van der Waals surface area contributed by atoms with Gasteiger partial charge in [0.15, 0.2) is 0 Å². The Morgan fingerprint density at radius 2 is 2.26 bits per heavy atom. The zero-order valence-corrected chi connectivity index (χ0v) is 12.3. The Balaban J connectivity index is 1.73. The molecule has 4 heteroatoms. The highest BCUT2D eigenvalue weighted by Gasteiger charge is 2.14. The van der Waals surface area contributed by atoms with Gasteiger partial charge in [-0.05, 0) is 44.2 Å². The minimum Gasteiger partial charge on any atom is -0.361 e. The number of anilines is 1. The van der Waals surface area contributed by atoms with Crippen molar-refractivity contribution in [2.45, 2.75) is 45.6 Å². The van der Waals surface area contributed by atoms with Crippen molar-refractivity contribution in [3.05, 3.63) is 39.5 Å². The maximum Gasteiger partial charge on any atom is 0.126 e. The van der Waals surface area contributed by atoms with Crippen LogP contribution in [0.25, 0.3) is 0 Å². The average molecular weight is 273 g/mol. The van der Waals surface area contributed by atoms with Crippen LogP contribution < -0.4 is 5.32 Å². The number of nitrogens with one attached hydrogen (secondary N) is 1. The zero-order chi connectivity index (χ0) is 13.2. The topological polar surface area (TPSA) is 37.8 Å². The molecule has 1 aliphatic rings. The van der Waals surface area contributed by atoms with E-state index in [0.29, 0.717) is 0 Å². The van der Waals surface area contributed by atoms with Gasteiger partial charge >= 0.3 is 0 Å². The van der Waals surface area contributed by atoms with Gasteiger partial charge in [-0.3, -0.25) is 0 Å². The summed E-state index contributed by atoms with van der Waals surface area (Å²) in [6, 6.07) is 4.52. The predicted octanol–water partition coefficient (Wildman–Crippen LogP) is 3.76. The number of nitrogens with zero attached hydrogens (tertiary/aromatic N) is 2. The van der Waals surface area contributed by atoms with Crippen LogP contribution in [0.2, 0.25) is 0 Å². The van der Waals surface area contributed by atoms with Gasteiger partial charge in [0, 0.05) is 16.8 Å². The van der Waals surface area contributed by atoms with Crippen molar-refractivity contribution in [3.8, 4) is 0 Å². The normalized spacial score (nSPS) is 15.3. The van der Waals surface area contributed by atoms with Gasteiger partial charge in [0.2, 0.25) is 0 Å². The van der Waals surface area contributed by atoms with E-state index in [1.165, 1.54) is 29.0 Å². The van der Waals surface area contributed by atoms with Crippen LogP contribution in [-0.4, -0.2) is 9.97 Å². The van der Waals surface area contributed by atoms with E-state index in [0.717, 1.165) is 23.7 Å². The van der Waals surface area contributed by atoms with Crippen molar-refractivity contribution >= 4 is 17.2 Å². The van der Waals surface area contributed by atoms with Gasteiger partial charge in [0.05, 0.1) is 6.04 Å². The van der Waals surface area contributed by atoms with Gasteiger partial charge in [0.1, 0.15) is 10.8 Å². The maximum atomic E-state index is 4.71. The lowest BCUT2D eigenvalue weighted by Crippen LogP contribution is -2.08. The van der Waals surface area contributed by atoms with E-state index in [4.69, 9.17) is 4.98 Å². The first-order valence-corrected chi connectivity index (χ1v) is 7.78. The molecular formula is C15H19N3S. The Labute approximate surface area is 118 Å². The Morgan fingerprint density at radius 3 is 3.05 bits per heavy atom. The highest BCUT2D eigenvalue weighted by Crippen LogP contribution is 2.26. The van der Waals surface area contributed by atoms with E-state index in [9.17, 15) is 0 Å². The standard InChI is InChI=1S/C15H19N3S/c1-3-12-9-16-15(19-12)10(2)17-14-8-7-11-5-4-6-13(11)18-14/h7-10H,3-6H2,1-2H3,(H,17,18). The fourth-order valence-electron chi connectivity index (χ4n) is 2.47. The van der Waals surface area contributed by atoms with Crippen molar-refractivity contribution in [2.75, 3.05) is 5.32 Å². The largest absolute Gasteiger partial charge is 0.361 e. The predicted molar refractivity (Wildman–Crippen MR) is 79.8 cm³/mol. The smallest absolute Gasteiger partial charge is 0.126 e. The van der Waals surface area contributed by atoms with Crippen molar-refractivity contribution in [3.63, 3.8) is 0 Å². The van der Waals surface area contributed by atoms with Gasteiger partial charge in [-0.25, -0.2) is 9.97 Å². The number of pyridine rings is 1. The first-order valence-electron chi connectivity index (χ1n) is 6.96. The molecule has 2 aromatic heterocycles. The Bertz CT molecular complexity index is 577. The van der Waals surface area contributed by atoms with Crippen molar-refractivity contribution < 1.29 is 0 Å². The van der Waals surface area contributed by atoms with Crippen LogP contribution in [0, 0.1) is 0 Å².